The Morgan fingerprint density at radius 3 is 0.887 bits per heavy atom. The molecule has 40 heteroatoms. The molecule has 0 aromatic rings. The third-order valence-electron chi connectivity index (χ3n) is 1.60. The van der Waals surface area contributed by atoms with Crippen LogP contribution in [0.25, 0.3) is 0 Å². The number of methoxy groups -OCH3 is 2. The normalized spacial score (nSPS) is 7.26. The van der Waals surface area contributed by atoms with E-state index < -0.39 is 24.9 Å². The van der Waals surface area contributed by atoms with Crippen LogP contribution in [0.4, 0.5) is 17.6 Å². The molecule has 2 N–H and O–H groups in total. The number of allylic oxidation sites excluding steroid dienone is 3. The molecular formula is C22H39BrF4O6PdS28. The summed E-state index contributed by atoms with van der Waals surface area (Å²) < 4.78 is 49.9. The van der Waals surface area contributed by atoms with Crippen LogP contribution in [-0.4, -0.2) is 56.5 Å². The average molecular weight is 1560 g/mol. The number of rotatable bonds is 2. The summed E-state index contributed by atoms with van der Waals surface area (Å²) in [4.78, 5) is 19.8. The summed E-state index contributed by atoms with van der Waals surface area (Å²) in [7, 11) is 42.6. The van der Waals surface area contributed by atoms with E-state index in [1.807, 2.05) is 44.0 Å². The molecule has 0 radical (unpaired) electrons. The van der Waals surface area contributed by atoms with Crippen molar-refractivity contribution in [2.75, 3.05) is 28.3 Å². The first-order chi connectivity index (χ1) is 29.0. The van der Waals surface area contributed by atoms with Gasteiger partial charge in [0.1, 0.15) is 0 Å². The first kappa shape index (κ1) is 92.6. The summed E-state index contributed by atoms with van der Waals surface area (Å²) in [6.07, 6.45) is 7.29. The second-order valence-electron chi connectivity index (χ2n) is 5.72. The minimum atomic E-state index is -2.96. The van der Waals surface area contributed by atoms with Crippen molar-refractivity contribution < 1.29 is 67.3 Å². The SMILES string of the molecule is C#CC.C/C=C/Br.CC#C/C=C/C.CC(=O)O.CC(=O)O.CF.COC(C)(F)F.COCF.S=S=S=S=S=S=S=S=S=S=S=S=S.S=S=S=S=S=S=S=S=S=S=S=S=S=S=S.[Pd]. The van der Waals surface area contributed by atoms with Gasteiger partial charge in [-0.15, -0.1) is 18.3 Å². The summed E-state index contributed by atoms with van der Waals surface area (Å²) in [5, 5.41) is 14.8. The van der Waals surface area contributed by atoms with E-state index in [9.17, 15) is 17.6 Å². The van der Waals surface area contributed by atoms with Crippen molar-refractivity contribution >= 4 is 286 Å². The Bertz CT molecular complexity index is 2220. The molecule has 376 valence electrons. The van der Waals surface area contributed by atoms with Crippen molar-refractivity contribution in [1.82, 2.24) is 0 Å². The Balaban J connectivity index is -0.0000000555. The van der Waals surface area contributed by atoms with E-state index in [1.54, 1.807) is 185 Å². The zero-order valence-corrected chi connectivity index (χ0v) is 58.8. The molecule has 0 saturated carbocycles. The smallest absolute Gasteiger partial charge is 0.352 e. The van der Waals surface area contributed by atoms with Gasteiger partial charge in [-0.3, -0.25) is 14.0 Å². The molecule has 62 heavy (non-hydrogen) atoms. The Hall–Kier alpha value is 4.48. The van der Waals surface area contributed by atoms with Gasteiger partial charge in [-0.05, 0) is 38.8 Å². The molecular weight excluding hydrogens is 1520 g/mol. The first-order valence-electron chi connectivity index (χ1n) is 12.9. The van der Waals surface area contributed by atoms with Crippen molar-refractivity contribution in [2.45, 2.75) is 54.6 Å². The Morgan fingerprint density at radius 1 is 0.661 bits per heavy atom. The zero-order chi connectivity index (χ0) is 49.7. The first-order valence-corrected chi connectivity index (χ1v) is 48.5. The van der Waals surface area contributed by atoms with Gasteiger partial charge in [0.25, 0.3) is 11.9 Å². The van der Waals surface area contributed by atoms with Crippen molar-refractivity contribution in [3.8, 4) is 24.2 Å². The van der Waals surface area contributed by atoms with Crippen molar-refractivity contribution in [3.63, 3.8) is 0 Å². The van der Waals surface area contributed by atoms with Gasteiger partial charge in [-0.2, -0.15) is 8.78 Å². The van der Waals surface area contributed by atoms with Gasteiger partial charge >= 0.3 is 6.11 Å². The molecule has 0 aliphatic rings. The van der Waals surface area contributed by atoms with E-state index in [0.717, 1.165) is 21.0 Å². The van der Waals surface area contributed by atoms with E-state index in [1.165, 1.54) is 42.6 Å². The van der Waals surface area contributed by atoms with E-state index in [-0.39, 0.29) is 20.4 Å². The van der Waals surface area contributed by atoms with Crippen LogP contribution in [0.1, 0.15) is 48.5 Å². The minimum Gasteiger partial charge on any atom is -0.481 e. The van der Waals surface area contributed by atoms with Crippen molar-refractivity contribution in [1.29, 1.82) is 0 Å². The number of terminal acetylenes is 1. The molecule has 0 aliphatic carbocycles. The largest absolute Gasteiger partial charge is 0.481 e. The fraction of sp³-hybridized carbons (Fsp3) is 0.545. The van der Waals surface area contributed by atoms with Crippen LogP contribution in [0, 0.1) is 24.2 Å². The van der Waals surface area contributed by atoms with Gasteiger partial charge in [-0.25, -0.2) is 4.39 Å². The predicted molar refractivity (Wildman–Crippen MR) is 337 cm³/mol. The fourth-order valence-electron chi connectivity index (χ4n) is 0.393. The molecule has 0 saturated heterocycles. The third-order valence-corrected chi connectivity index (χ3v) is 51.0. The van der Waals surface area contributed by atoms with Gasteiger partial charge in [0.2, 0.25) is 0 Å². The summed E-state index contributed by atoms with van der Waals surface area (Å²) >= 11 is 21.9. The van der Waals surface area contributed by atoms with E-state index in [2.05, 4.69) is 49.6 Å². The fourth-order valence-corrected chi connectivity index (χ4v) is 55.3. The quantitative estimate of drug-likeness (QED) is 0.178. The van der Waals surface area contributed by atoms with Crippen LogP contribution < -0.4 is 0 Å². The number of carboxylic acids is 2. The molecule has 0 aliphatic heterocycles. The summed E-state index contributed by atoms with van der Waals surface area (Å²) in [5.74, 6) is 6.08. The molecule has 6 nitrogen and oxygen atoms in total. The number of ether oxygens (including phenoxy) is 2. The van der Waals surface area contributed by atoms with Gasteiger partial charge in [0, 0.05) is 313 Å². The van der Waals surface area contributed by atoms with Crippen LogP contribution in [0.5, 0.6) is 0 Å². The number of carboxylic acid groups (broad SMARTS) is 2. The minimum absolute atomic E-state index is 0. The number of carbonyl (C=O) groups is 2. The zero-order valence-electron chi connectivity index (χ0n) is 32.8. The number of hydrogen-bond donors (Lipinski definition) is 2. The van der Waals surface area contributed by atoms with E-state index >= 15 is 0 Å². The Labute approximate surface area is 474 Å². The molecule has 0 amide bonds. The Morgan fingerprint density at radius 2 is 0.823 bits per heavy atom. The molecule has 0 fully saturated rings. The number of aliphatic carboxylic acids is 2. The third kappa shape index (κ3) is 219. The van der Waals surface area contributed by atoms with Gasteiger partial charge in [-0.1, -0.05) is 34.0 Å². The molecule has 0 unspecified atom stereocenters. The molecule has 0 aromatic carbocycles. The second-order valence-corrected chi connectivity index (χ2v) is 48.7. The maximum atomic E-state index is 11.2. The van der Waals surface area contributed by atoms with Gasteiger partial charge in [0.15, 0.2) is 6.86 Å². The summed E-state index contributed by atoms with van der Waals surface area (Å²) in [6.45, 7) is 9.55. The van der Waals surface area contributed by atoms with Crippen LogP contribution >= 0.6 is 15.9 Å². The van der Waals surface area contributed by atoms with Crippen LogP contribution in [0.2, 0.25) is 0 Å². The van der Waals surface area contributed by atoms with Crippen LogP contribution in [-0.2, 0) is 297 Å². The maximum absolute atomic E-state index is 11.2. The number of alkyl halides is 4. The Kier molecular flexibility index (Phi) is 160. The van der Waals surface area contributed by atoms with Crippen molar-refractivity contribution in [2.24, 2.45) is 0 Å². The molecule has 0 aromatic heterocycles. The van der Waals surface area contributed by atoms with Gasteiger partial charge < -0.3 is 19.7 Å². The predicted octanol–water partition coefficient (Wildman–Crippen LogP) is 6.64. The summed E-state index contributed by atoms with van der Waals surface area (Å²) in [6, 6.07) is 0. The molecule has 0 bridgehead atoms. The number of hydrogen-bond acceptors (Lipinski definition) is 8. The van der Waals surface area contributed by atoms with Crippen molar-refractivity contribution in [3.05, 3.63) is 23.2 Å². The maximum Gasteiger partial charge on any atom is 0.352 e. The summed E-state index contributed by atoms with van der Waals surface area (Å²) in [5.41, 5.74) is 0. The second kappa shape index (κ2) is 107. The van der Waals surface area contributed by atoms with Gasteiger partial charge in [0.05, 0.1) is 7.18 Å². The van der Waals surface area contributed by atoms with Crippen LogP contribution in [0.15, 0.2) is 23.2 Å². The molecule has 0 heterocycles. The van der Waals surface area contributed by atoms with E-state index in [0.29, 0.717) is 14.1 Å². The van der Waals surface area contributed by atoms with Crippen LogP contribution in [0.3, 0.4) is 0 Å². The molecule has 0 atom stereocenters. The monoisotopic (exact) mass is 1560 g/mol. The van der Waals surface area contributed by atoms with E-state index in [4.69, 9.17) is 64.6 Å². The standard InChI is InChI=1S/C6H8.C3H5Br.C3H6F2O.C3H4.C2H5FO.2C2H4O2.CH3F.Pd.S15.S13/c1-3-5-6-4-2;1-2-3-4;1-3(4,5)6-2;1-3-2;1-4-2-3;2*1-2(3)4;1-2;;1-3-5-7-9-11-13-15-14-12-10-8-6-4-2;1-3-5-7-9-11-13-12-10-8-6-4-2/h3,5H,1-2H3;2-3H,1H3;1-2H3;1H,2H3;2H2,1H3;2*1H3,(H,3,4);1H3;;;/b5-3+;3-2+;;;;;;;;;. The molecule has 0 spiro atoms. The number of halogens is 5. The average Bonchev–Trinajstić information content (AvgIpc) is 3.22. The molecule has 0 rings (SSSR count). The topological polar surface area (TPSA) is 93.1 Å².